The Bertz CT molecular complexity index is 684. The highest BCUT2D eigenvalue weighted by molar-refractivity contribution is 5.93. The van der Waals surface area contributed by atoms with Gasteiger partial charge in [-0.25, -0.2) is 0 Å². The highest BCUT2D eigenvalue weighted by Crippen LogP contribution is 2.35. The smallest absolute Gasteiger partial charge is 0.255 e. The first-order valence-electron chi connectivity index (χ1n) is 8.41. The maximum absolute atomic E-state index is 12.6. The van der Waals surface area contributed by atoms with Gasteiger partial charge in [0, 0.05) is 39.2 Å². The second-order valence-corrected chi connectivity index (χ2v) is 6.63. The van der Waals surface area contributed by atoms with Crippen LogP contribution in [0.5, 0.6) is 0 Å². The largest absolute Gasteiger partial charge is 0.341 e. The molecule has 6 nitrogen and oxygen atoms in total. The van der Waals surface area contributed by atoms with Gasteiger partial charge in [0.1, 0.15) is 0 Å². The number of pyridine rings is 1. The number of nitrogens with zero attached hydrogens (tertiary/aromatic N) is 5. The van der Waals surface area contributed by atoms with E-state index in [9.17, 15) is 4.79 Å². The van der Waals surface area contributed by atoms with E-state index in [2.05, 4.69) is 28.1 Å². The lowest BCUT2D eigenvalue weighted by Crippen LogP contribution is -2.43. The molecule has 24 heavy (non-hydrogen) atoms. The molecule has 0 spiro atoms. The average Bonchev–Trinajstić information content (AvgIpc) is 3.01. The molecule has 3 heterocycles. The number of carbonyl (C=O) groups excluding carboxylic acids is 1. The van der Waals surface area contributed by atoms with Gasteiger partial charge >= 0.3 is 0 Å². The Kier molecular flexibility index (Phi) is 4.94. The fourth-order valence-corrected chi connectivity index (χ4v) is 3.74. The number of likely N-dealkylation sites (tertiary alicyclic amines) is 1. The molecule has 2 aromatic rings. The van der Waals surface area contributed by atoms with E-state index in [1.807, 2.05) is 35.9 Å². The van der Waals surface area contributed by atoms with Crippen LogP contribution in [0.15, 0.2) is 36.8 Å². The molecule has 0 unspecified atom stereocenters. The fourth-order valence-electron chi connectivity index (χ4n) is 3.74. The van der Waals surface area contributed by atoms with Crippen molar-refractivity contribution in [2.45, 2.75) is 18.9 Å². The van der Waals surface area contributed by atoms with Crippen LogP contribution < -0.4 is 0 Å². The zero-order valence-electron chi connectivity index (χ0n) is 14.6. The van der Waals surface area contributed by atoms with Crippen molar-refractivity contribution in [3.8, 4) is 0 Å². The number of rotatable bonds is 4. The second-order valence-electron chi connectivity index (χ2n) is 6.63. The predicted molar refractivity (Wildman–Crippen MR) is 92.5 cm³/mol. The van der Waals surface area contributed by atoms with Crippen LogP contribution in [0.1, 0.15) is 34.9 Å². The quantitative estimate of drug-likeness (QED) is 0.861. The van der Waals surface area contributed by atoms with Crippen molar-refractivity contribution in [3.63, 3.8) is 0 Å². The summed E-state index contributed by atoms with van der Waals surface area (Å²) in [7, 11) is 6.02. The van der Waals surface area contributed by atoms with Gasteiger partial charge < -0.3 is 4.90 Å². The number of hydrogen-bond donors (Lipinski definition) is 0. The van der Waals surface area contributed by atoms with Gasteiger partial charge in [0.25, 0.3) is 5.91 Å². The molecule has 0 N–H and O–H groups in total. The highest BCUT2D eigenvalue weighted by Gasteiger charge is 2.33. The lowest BCUT2D eigenvalue weighted by atomic mass is 9.87. The zero-order valence-corrected chi connectivity index (χ0v) is 14.6. The minimum absolute atomic E-state index is 0.0279. The molecule has 0 saturated carbocycles. The molecule has 2 atom stereocenters. The van der Waals surface area contributed by atoms with Crippen molar-refractivity contribution < 1.29 is 4.79 Å². The summed E-state index contributed by atoms with van der Waals surface area (Å²) in [6, 6.07) is 5.99. The minimum Gasteiger partial charge on any atom is -0.341 e. The fraction of sp³-hybridized carbons (Fsp3) is 0.500. The molecular weight excluding hydrogens is 302 g/mol. The van der Waals surface area contributed by atoms with Crippen LogP contribution in [-0.4, -0.2) is 57.7 Å². The summed E-state index contributed by atoms with van der Waals surface area (Å²) in [5, 5.41) is 4.32. The second kappa shape index (κ2) is 7.13. The van der Waals surface area contributed by atoms with E-state index in [0.717, 1.165) is 25.9 Å². The van der Waals surface area contributed by atoms with Crippen LogP contribution in [0, 0.1) is 5.92 Å². The topological polar surface area (TPSA) is 54.3 Å². The Morgan fingerprint density at radius 1 is 1.33 bits per heavy atom. The number of carbonyl (C=O) groups is 1. The lowest BCUT2D eigenvalue weighted by Gasteiger charge is -2.40. The Hall–Kier alpha value is -2.21. The number of aryl methyl sites for hydroxylation is 1. The molecule has 1 amide bonds. The number of piperidine rings is 1. The summed E-state index contributed by atoms with van der Waals surface area (Å²) in [5.41, 5.74) is 1.85. The van der Waals surface area contributed by atoms with Crippen LogP contribution in [0.25, 0.3) is 0 Å². The van der Waals surface area contributed by atoms with Gasteiger partial charge in [-0.1, -0.05) is 0 Å². The van der Waals surface area contributed by atoms with Gasteiger partial charge in [-0.2, -0.15) is 5.10 Å². The van der Waals surface area contributed by atoms with E-state index in [0.29, 0.717) is 11.5 Å². The van der Waals surface area contributed by atoms with E-state index in [-0.39, 0.29) is 11.9 Å². The number of aromatic nitrogens is 3. The van der Waals surface area contributed by atoms with E-state index in [1.54, 1.807) is 18.5 Å². The normalized spacial score (nSPS) is 21.6. The van der Waals surface area contributed by atoms with Crippen molar-refractivity contribution in [2.24, 2.45) is 13.0 Å². The first-order valence-corrected chi connectivity index (χ1v) is 8.41. The van der Waals surface area contributed by atoms with Crippen LogP contribution in [0.2, 0.25) is 0 Å². The SMILES string of the molecule is CN(C[C@@H]1CCCN(C)[C@H]1c1ccnn1C)C(=O)c1cccnc1. The Balaban J connectivity index is 1.76. The predicted octanol–water partition coefficient (Wildman–Crippen LogP) is 1.97. The first kappa shape index (κ1) is 16.6. The number of hydrogen-bond acceptors (Lipinski definition) is 4. The Morgan fingerprint density at radius 2 is 2.17 bits per heavy atom. The van der Waals surface area contributed by atoms with Crippen LogP contribution in [0.3, 0.4) is 0 Å². The molecule has 0 bridgehead atoms. The highest BCUT2D eigenvalue weighted by atomic mass is 16.2. The summed E-state index contributed by atoms with van der Waals surface area (Å²) in [4.78, 5) is 20.9. The third-order valence-electron chi connectivity index (χ3n) is 4.93. The van der Waals surface area contributed by atoms with Crippen LogP contribution in [0.4, 0.5) is 0 Å². The molecule has 3 rings (SSSR count). The lowest BCUT2D eigenvalue weighted by molar-refractivity contribution is 0.0630. The van der Waals surface area contributed by atoms with Gasteiger partial charge in [-0.15, -0.1) is 0 Å². The molecular formula is C18H25N5O. The molecule has 1 fully saturated rings. The van der Waals surface area contributed by atoms with Crippen molar-refractivity contribution in [2.75, 3.05) is 27.2 Å². The third kappa shape index (κ3) is 3.33. The van der Waals surface area contributed by atoms with Crippen molar-refractivity contribution >= 4 is 5.91 Å². The molecule has 0 radical (unpaired) electrons. The third-order valence-corrected chi connectivity index (χ3v) is 4.93. The summed E-state index contributed by atoms with van der Waals surface area (Å²) in [5.74, 6) is 0.421. The Labute approximate surface area is 143 Å². The van der Waals surface area contributed by atoms with Crippen LogP contribution >= 0.6 is 0 Å². The molecule has 0 aliphatic carbocycles. The van der Waals surface area contributed by atoms with Crippen molar-refractivity contribution in [1.82, 2.24) is 24.6 Å². The van der Waals surface area contributed by atoms with E-state index in [1.165, 1.54) is 5.69 Å². The molecule has 1 aliphatic heterocycles. The van der Waals surface area contributed by atoms with E-state index < -0.39 is 0 Å². The summed E-state index contributed by atoms with van der Waals surface area (Å²) >= 11 is 0. The standard InChI is InChI=1S/C18H25N5O/c1-21-11-5-7-15(17(21)16-8-10-20-23(16)3)13-22(2)18(24)14-6-4-9-19-12-14/h4,6,8-10,12,15,17H,5,7,11,13H2,1-3H3/t15-,17+/m0/s1. The summed E-state index contributed by atoms with van der Waals surface area (Å²) in [6.07, 6.45) is 7.43. The Morgan fingerprint density at radius 3 is 2.83 bits per heavy atom. The van der Waals surface area contributed by atoms with E-state index >= 15 is 0 Å². The summed E-state index contributed by atoms with van der Waals surface area (Å²) < 4.78 is 1.95. The zero-order chi connectivity index (χ0) is 17.1. The number of amides is 1. The van der Waals surface area contributed by atoms with Crippen molar-refractivity contribution in [3.05, 3.63) is 48.0 Å². The monoisotopic (exact) mass is 327 g/mol. The minimum atomic E-state index is 0.0279. The van der Waals surface area contributed by atoms with Gasteiger partial charge in [-0.3, -0.25) is 19.4 Å². The van der Waals surface area contributed by atoms with Gasteiger partial charge in [0.05, 0.1) is 17.3 Å². The molecule has 0 aromatic carbocycles. The van der Waals surface area contributed by atoms with E-state index in [4.69, 9.17) is 0 Å². The van der Waals surface area contributed by atoms with Crippen LogP contribution in [-0.2, 0) is 7.05 Å². The molecule has 1 saturated heterocycles. The summed E-state index contributed by atoms with van der Waals surface area (Å²) in [6.45, 7) is 1.81. The average molecular weight is 327 g/mol. The maximum Gasteiger partial charge on any atom is 0.255 e. The van der Waals surface area contributed by atoms with Gasteiger partial charge in [0.2, 0.25) is 0 Å². The van der Waals surface area contributed by atoms with Crippen molar-refractivity contribution in [1.29, 1.82) is 0 Å². The molecule has 1 aliphatic rings. The van der Waals surface area contributed by atoms with Gasteiger partial charge in [0.15, 0.2) is 0 Å². The maximum atomic E-state index is 12.6. The first-order chi connectivity index (χ1) is 11.6. The molecule has 6 heteroatoms. The molecule has 128 valence electrons. The molecule has 2 aromatic heterocycles. The van der Waals surface area contributed by atoms with Gasteiger partial charge in [-0.05, 0) is 50.6 Å².